The van der Waals surface area contributed by atoms with Gasteiger partial charge in [-0.15, -0.1) is 0 Å². The molecule has 0 aromatic heterocycles. The van der Waals surface area contributed by atoms with Gasteiger partial charge < -0.3 is 10.2 Å². The molecule has 1 atom stereocenters. The Balaban J connectivity index is 1.90. The van der Waals surface area contributed by atoms with Gasteiger partial charge >= 0.3 is 0 Å². The van der Waals surface area contributed by atoms with Crippen LogP contribution in [0.2, 0.25) is 0 Å². The molecule has 2 aromatic carbocycles. The van der Waals surface area contributed by atoms with Gasteiger partial charge in [-0.25, -0.2) is 12.7 Å². The van der Waals surface area contributed by atoms with Gasteiger partial charge in [-0.2, -0.15) is 0 Å². The van der Waals surface area contributed by atoms with E-state index in [0.717, 1.165) is 11.1 Å². The minimum absolute atomic E-state index is 0.0436. The quantitative estimate of drug-likeness (QED) is 0.588. The molecule has 182 valence electrons. The Morgan fingerprint density at radius 3 is 2.29 bits per heavy atom. The fraction of sp³-hybridized carbons (Fsp3) is 0.400. The van der Waals surface area contributed by atoms with Crippen molar-refractivity contribution in [2.45, 2.75) is 51.6 Å². The first kappa shape index (κ1) is 25.4. The SMILES string of the molecule is CC[C@H](C(=O)NCC(C)C)N(Cc1ccc(C)cc1)C(=O)CN1C(=O)c2ccccc2S1(=O)=O. The topological polar surface area (TPSA) is 104 Å². The second-order valence-corrected chi connectivity index (χ2v) is 10.7. The van der Waals surface area contributed by atoms with Crippen LogP contribution in [0.3, 0.4) is 0 Å². The number of aryl methyl sites for hydroxylation is 1. The van der Waals surface area contributed by atoms with Crippen LogP contribution in [0.5, 0.6) is 0 Å². The molecule has 3 rings (SSSR count). The molecule has 34 heavy (non-hydrogen) atoms. The highest BCUT2D eigenvalue weighted by molar-refractivity contribution is 7.90. The Morgan fingerprint density at radius 2 is 1.71 bits per heavy atom. The lowest BCUT2D eigenvalue weighted by Crippen LogP contribution is -2.52. The third-order valence-electron chi connectivity index (χ3n) is 5.73. The van der Waals surface area contributed by atoms with E-state index in [1.54, 1.807) is 13.0 Å². The number of amides is 3. The van der Waals surface area contributed by atoms with Crippen LogP contribution in [0, 0.1) is 12.8 Å². The van der Waals surface area contributed by atoms with Crippen molar-refractivity contribution in [1.82, 2.24) is 14.5 Å². The third kappa shape index (κ3) is 5.30. The molecule has 0 saturated heterocycles. The van der Waals surface area contributed by atoms with Gasteiger partial charge in [0.25, 0.3) is 15.9 Å². The summed E-state index contributed by atoms with van der Waals surface area (Å²) in [6, 6.07) is 12.6. The third-order valence-corrected chi connectivity index (χ3v) is 7.52. The van der Waals surface area contributed by atoms with E-state index < -0.39 is 34.4 Å². The lowest BCUT2D eigenvalue weighted by atomic mass is 10.1. The molecule has 2 aromatic rings. The molecule has 1 aliphatic heterocycles. The summed E-state index contributed by atoms with van der Waals surface area (Å²) < 4.78 is 26.5. The van der Waals surface area contributed by atoms with E-state index in [2.05, 4.69) is 5.32 Å². The van der Waals surface area contributed by atoms with Crippen LogP contribution in [0.4, 0.5) is 0 Å². The molecule has 8 nitrogen and oxygen atoms in total. The van der Waals surface area contributed by atoms with Crippen molar-refractivity contribution in [2.24, 2.45) is 5.92 Å². The van der Waals surface area contributed by atoms with E-state index in [1.807, 2.05) is 45.0 Å². The summed E-state index contributed by atoms with van der Waals surface area (Å²) in [6.45, 7) is 7.58. The van der Waals surface area contributed by atoms with Crippen molar-refractivity contribution in [3.63, 3.8) is 0 Å². The average molecular weight is 486 g/mol. The Hall–Kier alpha value is -3.20. The Morgan fingerprint density at radius 1 is 1.06 bits per heavy atom. The second kappa shape index (κ2) is 10.4. The number of carbonyl (C=O) groups is 3. The smallest absolute Gasteiger partial charge is 0.269 e. The maximum absolute atomic E-state index is 13.5. The number of hydrogen-bond acceptors (Lipinski definition) is 5. The minimum Gasteiger partial charge on any atom is -0.354 e. The fourth-order valence-corrected chi connectivity index (χ4v) is 5.35. The molecule has 0 bridgehead atoms. The largest absolute Gasteiger partial charge is 0.354 e. The summed E-state index contributed by atoms with van der Waals surface area (Å²) in [5.74, 6) is -1.43. The molecule has 0 spiro atoms. The average Bonchev–Trinajstić information content (AvgIpc) is 2.99. The van der Waals surface area contributed by atoms with Gasteiger partial charge in [0.05, 0.1) is 5.56 Å². The zero-order valence-corrected chi connectivity index (χ0v) is 20.8. The predicted octanol–water partition coefficient (Wildman–Crippen LogP) is 2.72. The van der Waals surface area contributed by atoms with Crippen LogP contribution >= 0.6 is 0 Å². The van der Waals surface area contributed by atoms with Crippen LogP contribution in [0.15, 0.2) is 53.4 Å². The highest BCUT2D eigenvalue weighted by atomic mass is 32.2. The van der Waals surface area contributed by atoms with E-state index in [0.29, 0.717) is 17.3 Å². The molecule has 0 fully saturated rings. The number of rotatable bonds is 9. The first-order valence-corrected chi connectivity index (χ1v) is 12.8. The summed E-state index contributed by atoms with van der Waals surface area (Å²) in [7, 11) is -4.14. The van der Waals surface area contributed by atoms with Crippen LogP contribution < -0.4 is 5.32 Å². The first-order valence-electron chi connectivity index (χ1n) is 11.3. The lowest BCUT2D eigenvalue weighted by molar-refractivity contribution is -0.141. The summed E-state index contributed by atoms with van der Waals surface area (Å²) in [5, 5.41) is 2.86. The summed E-state index contributed by atoms with van der Waals surface area (Å²) >= 11 is 0. The number of sulfonamides is 1. The standard InChI is InChI=1S/C25H31N3O5S/c1-5-21(24(30)26-14-17(2)3)27(15-19-12-10-18(4)11-13-19)23(29)16-28-25(31)20-8-6-7-9-22(20)34(28,32)33/h6-13,17,21H,5,14-16H2,1-4H3,(H,26,30)/t21-/m1/s1. The Labute approximate surface area is 201 Å². The van der Waals surface area contributed by atoms with Gasteiger partial charge in [-0.1, -0.05) is 62.7 Å². The Bertz CT molecular complexity index is 1180. The number of fused-ring (bicyclic) bond motifs is 1. The molecule has 0 saturated carbocycles. The van der Waals surface area contributed by atoms with E-state index in [9.17, 15) is 22.8 Å². The van der Waals surface area contributed by atoms with Gasteiger partial charge in [0.2, 0.25) is 11.8 Å². The van der Waals surface area contributed by atoms with Crippen molar-refractivity contribution < 1.29 is 22.8 Å². The molecular formula is C25H31N3O5S. The van der Waals surface area contributed by atoms with Gasteiger partial charge in [0.1, 0.15) is 17.5 Å². The van der Waals surface area contributed by atoms with Crippen molar-refractivity contribution >= 4 is 27.7 Å². The van der Waals surface area contributed by atoms with Crippen molar-refractivity contribution in [3.05, 3.63) is 65.2 Å². The van der Waals surface area contributed by atoms with Gasteiger partial charge in [0.15, 0.2) is 0 Å². The monoisotopic (exact) mass is 485 g/mol. The maximum Gasteiger partial charge on any atom is 0.269 e. The van der Waals surface area contributed by atoms with Crippen LogP contribution in [0.1, 0.15) is 48.7 Å². The van der Waals surface area contributed by atoms with E-state index >= 15 is 0 Å². The number of benzene rings is 2. The molecular weight excluding hydrogens is 454 g/mol. The van der Waals surface area contributed by atoms with Crippen LogP contribution in [0.25, 0.3) is 0 Å². The first-order chi connectivity index (χ1) is 16.1. The zero-order chi connectivity index (χ0) is 25.0. The number of carbonyl (C=O) groups excluding carboxylic acids is 3. The molecule has 1 N–H and O–H groups in total. The van der Waals surface area contributed by atoms with Gasteiger partial charge in [-0.05, 0) is 37.0 Å². The van der Waals surface area contributed by atoms with E-state index in [-0.39, 0.29) is 28.8 Å². The molecule has 3 amide bonds. The summed E-state index contributed by atoms with van der Waals surface area (Å²) in [4.78, 5) is 40.5. The zero-order valence-electron chi connectivity index (χ0n) is 19.9. The van der Waals surface area contributed by atoms with Gasteiger partial charge in [0, 0.05) is 13.1 Å². The van der Waals surface area contributed by atoms with Crippen LogP contribution in [-0.4, -0.2) is 54.5 Å². The van der Waals surface area contributed by atoms with Crippen molar-refractivity contribution in [2.75, 3.05) is 13.1 Å². The molecule has 0 aliphatic carbocycles. The van der Waals surface area contributed by atoms with Gasteiger partial charge in [-0.3, -0.25) is 14.4 Å². The maximum atomic E-state index is 13.5. The highest BCUT2D eigenvalue weighted by Gasteiger charge is 2.43. The number of hydrogen-bond donors (Lipinski definition) is 1. The molecule has 9 heteroatoms. The minimum atomic E-state index is -4.14. The highest BCUT2D eigenvalue weighted by Crippen LogP contribution is 2.30. The van der Waals surface area contributed by atoms with Crippen molar-refractivity contribution in [3.8, 4) is 0 Å². The molecule has 1 aliphatic rings. The Kier molecular flexibility index (Phi) is 7.76. The fourth-order valence-electron chi connectivity index (χ4n) is 3.83. The summed E-state index contributed by atoms with van der Waals surface area (Å²) in [5.41, 5.74) is 1.89. The molecule has 0 unspecified atom stereocenters. The lowest BCUT2D eigenvalue weighted by Gasteiger charge is -2.32. The molecule has 0 radical (unpaired) electrons. The molecule has 1 heterocycles. The second-order valence-electron chi connectivity index (χ2n) is 8.88. The van der Waals surface area contributed by atoms with E-state index in [1.165, 1.54) is 23.1 Å². The van der Waals surface area contributed by atoms with Crippen molar-refractivity contribution in [1.29, 1.82) is 0 Å². The number of nitrogens with zero attached hydrogens (tertiary/aromatic N) is 2. The summed E-state index contributed by atoms with van der Waals surface area (Å²) in [6.07, 6.45) is 0.336. The van der Waals surface area contributed by atoms with Crippen LogP contribution in [-0.2, 0) is 26.2 Å². The predicted molar refractivity (Wildman–Crippen MR) is 128 cm³/mol. The number of nitrogens with one attached hydrogen (secondary N) is 1. The normalized spacial score (nSPS) is 15.2. The van der Waals surface area contributed by atoms with E-state index in [4.69, 9.17) is 0 Å².